The van der Waals surface area contributed by atoms with Gasteiger partial charge in [0.2, 0.25) is 0 Å². The van der Waals surface area contributed by atoms with E-state index in [4.69, 9.17) is 49.0 Å². The SMILES string of the molecule is [2H]/C(=C/C([2H])([2H])C([2H])([2H])C([2H])([2H])C([2H])([2H])C([2H])([2H])C([2H])([2H])C([2H])([2H])C(=O)O)C([2H])([2H])C([2H])([2H])C([2H])([2H])C([2H])([2H])C([2H])([2H])C([2H])([2H])C([2H])([2H])C([2H])([2H])[2H]. The molecule has 0 aromatic rings. The minimum Gasteiger partial charge on any atom is -0.481 e. The highest BCUT2D eigenvalue weighted by Gasteiger charge is 1.95. The first-order valence-corrected chi connectivity index (χ1v) is 4.76. The molecule has 0 aliphatic heterocycles. The summed E-state index contributed by atoms with van der Waals surface area (Å²) < 4.78 is 251. The number of hydrogen-bond donors (Lipinski definition) is 1. The van der Waals surface area contributed by atoms with Gasteiger partial charge in [0, 0.05) is 48.9 Å². The first-order valence-electron chi connectivity index (χ1n) is 20.8. The van der Waals surface area contributed by atoms with Gasteiger partial charge in [-0.05, 0) is 31.9 Å². The molecule has 0 aliphatic rings. The minimum atomic E-state index is -4.83. The summed E-state index contributed by atoms with van der Waals surface area (Å²) in [5, 5.41) is 9.04. The molecule has 0 fully saturated rings. The average molecular weight is 315 g/mol. The van der Waals surface area contributed by atoms with Crippen LogP contribution in [-0.2, 0) is 4.79 Å². The van der Waals surface area contributed by atoms with E-state index in [1.54, 1.807) is 0 Å². The van der Waals surface area contributed by atoms with Crippen LogP contribution in [0.25, 0.3) is 0 Å². The zero-order chi connectivity index (χ0) is 43.4. The molecule has 20 heavy (non-hydrogen) atoms. The van der Waals surface area contributed by atoms with Crippen molar-refractivity contribution >= 4 is 5.97 Å². The molecule has 0 aliphatic carbocycles. The van der Waals surface area contributed by atoms with Crippen LogP contribution < -0.4 is 0 Å². The number of carboxylic acid groups (broad SMARTS) is 1. The second-order valence-electron chi connectivity index (χ2n) is 2.36. The summed E-state index contributed by atoms with van der Waals surface area (Å²) in [6.45, 7) is -4.06. The quantitative estimate of drug-likeness (QED) is 0.370. The van der Waals surface area contributed by atoms with Gasteiger partial charge >= 0.3 is 5.97 Å². The molecular weight excluding hydrogens is 248 g/mol. The summed E-state index contributed by atoms with van der Waals surface area (Å²) in [4.78, 5) is 11.3. The van der Waals surface area contributed by atoms with Crippen LogP contribution in [0.5, 0.6) is 0 Å². The molecule has 0 saturated carbocycles. The van der Waals surface area contributed by atoms with E-state index in [0.29, 0.717) is 0 Å². The highest BCUT2D eigenvalue weighted by atomic mass is 16.4. The molecule has 0 atom stereocenters. The Balaban J connectivity index is 7.50. The highest BCUT2D eigenvalue weighted by molar-refractivity contribution is 5.66. The molecule has 0 heterocycles. The van der Waals surface area contributed by atoms with Crippen molar-refractivity contribution in [3.63, 3.8) is 0 Å². The molecule has 0 radical (unpaired) electrons. The number of carbonyl (C=O) groups is 1. The number of hydrogen-bond acceptors (Lipinski definition) is 1. The van der Waals surface area contributed by atoms with E-state index in [9.17, 15) is 4.79 Å². The molecule has 2 nitrogen and oxygen atoms in total. The first-order chi connectivity index (χ1) is 21.8. The lowest BCUT2D eigenvalue weighted by Gasteiger charge is -1.99. The molecule has 0 aromatic carbocycles. The lowest BCUT2D eigenvalue weighted by Crippen LogP contribution is -1.93. The average Bonchev–Trinajstić information content (AvgIpc) is 2.90. The van der Waals surface area contributed by atoms with Gasteiger partial charge in [0.05, 0.1) is 1.37 Å². The van der Waals surface area contributed by atoms with Gasteiger partial charge in [-0.1, -0.05) is 70.0 Å². The van der Waals surface area contributed by atoms with E-state index in [2.05, 4.69) is 0 Å². The number of carboxylic acids is 1. The van der Waals surface area contributed by atoms with Gasteiger partial charge in [0.1, 0.15) is 0 Å². The Bertz CT molecular complexity index is 1380. The monoisotopic (exact) mass is 314 g/mol. The zero-order valence-corrected chi connectivity index (χ0v) is 9.93. The molecule has 0 saturated heterocycles. The normalized spacial score (nSPS) is 46.1. The van der Waals surface area contributed by atoms with Crippen LogP contribution in [0.2, 0.25) is 0 Å². The maximum absolute atomic E-state index is 11.3. The van der Waals surface area contributed by atoms with Crippen LogP contribution in [0.4, 0.5) is 0 Å². The molecule has 1 N–H and O–H groups in total. The standard InChI is InChI=1S/C18H34O2/c1-2-3-4-5-6-7-8-9-10-11-12-13-14-15-16-17-18(19)20/h9-10H,2-8,11-17H2,1H3,(H,19,20)/b10-9-/i1D3,2D2,3D2,4D2,5D2,6D2,7D2,8D2,9D,11D2,12D2,13D2,14D2,15D2,16D2,17D2. The van der Waals surface area contributed by atoms with Crippen molar-refractivity contribution < 1.29 is 53.8 Å². The second-order valence-corrected chi connectivity index (χ2v) is 2.36. The summed E-state index contributed by atoms with van der Waals surface area (Å²) in [5.74, 6) is -2.72. The smallest absolute Gasteiger partial charge is 0.303 e. The van der Waals surface area contributed by atoms with Crippen molar-refractivity contribution in [2.45, 2.75) is 96.1 Å². The molecule has 0 aromatic heterocycles. The fraction of sp³-hybridized carbons (Fsp3) is 0.833. The topological polar surface area (TPSA) is 37.3 Å². The van der Waals surface area contributed by atoms with Gasteiger partial charge in [-0.25, -0.2) is 0 Å². The van der Waals surface area contributed by atoms with E-state index >= 15 is 0 Å². The van der Waals surface area contributed by atoms with Crippen LogP contribution in [-0.4, -0.2) is 11.1 Å². The Morgan fingerprint density at radius 2 is 1.60 bits per heavy atom. The van der Waals surface area contributed by atoms with Crippen molar-refractivity contribution in [3.05, 3.63) is 12.1 Å². The van der Waals surface area contributed by atoms with Gasteiger partial charge in [0.25, 0.3) is 0 Å². The van der Waals surface area contributed by atoms with E-state index in [0.717, 1.165) is 0 Å². The number of allylic oxidation sites excluding steroid dienone is 2. The summed E-state index contributed by atoms with van der Waals surface area (Å²) in [7, 11) is 0. The fourth-order valence-electron chi connectivity index (χ4n) is 0.515. The summed E-state index contributed by atoms with van der Waals surface area (Å²) in [6, 6.07) is -2.27. The van der Waals surface area contributed by atoms with E-state index < -0.39 is 114 Å². The van der Waals surface area contributed by atoms with Crippen LogP contribution in [0, 0.1) is 0 Å². The Labute approximate surface area is 170 Å². The van der Waals surface area contributed by atoms with Crippen LogP contribution in [0.3, 0.4) is 0 Å². The molecular formula is C18H34O2. The summed E-state index contributed by atoms with van der Waals surface area (Å²) >= 11 is 0. The largest absolute Gasteiger partial charge is 0.481 e. The molecule has 0 amide bonds. The minimum absolute atomic E-state index is 0.660. The lowest BCUT2D eigenvalue weighted by atomic mass is 10.1. The molecule has 118 valence electrons. The Morgan fingerprint density at radius 3 is 2.30 bits per heavy atom. The third-order valence-electron chi connectivity index (χ3n) is 1.08. The van der Waals surface area contributed by atoms with Crippen molar-refractivity contribution in [2.24, 2.45) is 0 Å². The second kappa shape index (κ2) is 16.3. The zero-order valence-electron chi connectivity index (χ0n) is 41.9. The van der Waals surface area contributed by atoms with E-state index in [1.807, 2.05) is 0 Å². The first kappa shape index (κ1) is 2.53. The van der Waals surface area contributed by atoms with Gasteiger partial charge in [-0.2, -0.15) is 0 Å². The van der Waals surface area contributed by atoms with Gasteiger partial charge in [-0.15, -0.1) is 0 Å². The maximum atomic E-state index is 11.3. The predicted molar refractivity (Wildman–Crippen MR) is 87.1 cm³/mol. The number of aliphatic carboxylic acids is 1. The van der Waals surface area contributed by atoms with E-state index in [1.165, 1.54) is 0 Å². The molecule has 0 bridgehead atoms. The van der Waals surface area contributed by atoms with Gasteiger partial charge < -0.3 is 5.11 Å². The number of rotatable bonds is 15. The lowest BCUT2D eigenvalue weighted by molar-refractivity contribution is -0.137. The van der Waals surface area contributed by atoms with Crippen LogP contribution in [0.1, 0.15) is 140 Å². The third kappa shape index (κ3) is 17.2. The van der Waals surface area contributed by atoms with E-state index in [-0.39, 0.29) is 0 Å². The van der Waals surface area contributed by atoms with Crippen molar-refractivity contribution in [3.8, 4) is 0 Å². The fourth-order valence-corrected chi connectivity index (χ4v) is 0.515. The Hall–Kier alpha value is -0.790. The third-order valence-corrected chi connectivity index (χ3v) is 1.08. The van der Waals surface area contributed by atoms with Crippen molar-refractivity contribution in [2.75, 3.05) is 0 Å². The molecule has 0 rings (SSSR count). The van der Waals surface area contributed by atoms with Gasteiger partial charge in [-0.3, -0.25) is 4.79 Å². The maximum Gasteiger partial charge on any atom is 0.303 e. The summed E-state index contributed by atoms with van der Waals surface area (Å²) in [6.07, 6.45) is -65.5. The van der Waals surface area contributed by atoms with Gasteiger partial charge in [0.15, 0.2) is 0 Å². The van der Waals surface area contributed by atoms with Crippen molar-refractivity contribution in [1.29, 1.82) is 0 Å². The highest BCUT2D eigenvalue weighted by Crippen LogP contribution is 2.09. The van der Waals surface area contributed by atoms with Crippen LogP contribution in [0.15, 0.2) is 12.1 Å². The van der Waals surface area contributed by atoms with Crippen molar-refractivity contribution in [1.82, 2.24) is 0 Å². The Kier molecular flexibility index (Phi) is 2.05. The molecule has 0 unspecified atom stereocenters. The van der Waals surface area contributed by atoms with Crippen LogP contribution >= 0.6 is 0 Å². The predicted octanol–water partition coefficient (Wildman–Crippen LogP) is 6.11. The molecule has 0 spiro atoms. The molecule has 2 heteroatoms. The Morgan fingerprint density at radius 1 is 1.00 bits per heavy atom. The summed E-state index contributed by atoms with van der Waals surface area (Å²) in [5.41, 5.74) is 0.